The molecule has 1 rings (SSSR count). The van der Waals surface area contributed by atoms with Gasteiger partial charge in [0, 0.05) is 10.7 Å². The topological polar surface area (TPSA) is 26.0 Å². The molecule has 1 nitrogen and oxygen atoms in total. The lowest BCUT2D eigenvalue weighted by atomic mass is 10.1. The average Bonchev–Trinajstić information content (AvgIpc) is 1.94. The summed E-state index contributed by atoms with van der Waals surface area (Å²) in [6.45, 7) is 1.31. The zero-order valence-electron chi connectivity index (χ0n) is 6.74. The highest BCUT2D eigenvalue weighted by Crippen LogP contribution is 2.35. The fourth-order valence-electron chi connectivity index (χ4n) is 0.994. The van der Waals surface area contributed by atoms with E-state index in [1.165, 1.54) is 13.0 Å². The van der Waals surface area contributed by atoms with Gasteiger partial charge in [-0.15, -0.1) is 0 Å². The third kappa shape index (κ3) is 2.06. The highest BCUT2D eigenvalue weighted by atomic mass is 35.5. The van der Waals surface area contributed by atoms with Crippen molar-refractivity contribution in [1.82, 2.24) is 0 Å². The molecule has 0 fully saturated rings. The predicted molar refractivity (Wildman–Crippen MR) is 45.6 cm³/mol. The fraction of sp³-hybridized carbons (Fsp3) is 0.250. The maximum absolute atomic E-state index is 12.3. The normalized spacial score (nSPS) is 11.8. The Morgan fingerprint density at radius 2 is 1.85 bits per heavy atom. The molecule has 0 atom stereocenters. The summed E-state index contributed by atoms with van der Waals surface area (Å²) in [5.74, 6) is 0. The Labute approximate surface area is 78.3 Å². The van der Waals surface area contributed by atoms with Gasteiger partial charge in [0.05, 0.1) is 5.56 Å². The number of benzene rings is 1. The van der Waals surface area contributed by atoms with E-state index in [1.54, 1.807) is 0 Å². The fourth-order valence-corrected chi connectivity index (χ4v) is 1.22. The third-order valence-electron chi connectivity index (χ3n) is 1.67. The van der Waals surface area contributed by atoms with Crippen molar-refractivity contribution in [1.29, 1.82) is 0 Å². The minimum absolute atomic E-state index is 0.00312. The largest absolute Gasteiger partial charge is 0.416 e. The number of nitrogens with two attached hydrogens (primary N) is 1. The van der Waals surface area contributed by atoms with E-state index in [0.717, 1.165) is 6.07 Å². The average molecular weight is 210 g/mol. The summed E-state index contributed by atoms with van der Waals surface area (Å²) < 4.78 is 36.9. The SMILES string of the molecule is Cc1c(Cl)cc(N)cc1C(F)(F)F. The molecule has 72 valence electrons. The quantitative estimate of drug-likeness (QED) is 0.652. The Morgan fingerprint density at radius 3 is 2.31 bits per heavy atom. The number of hydrogen-bond acceptors (Lipinski definition) is 1. The van der Waals surface area contributed by atoms with E-state index in [0.29, 0.717) is 0 Å². The minimum atomic E-state index is -4.40. The first-order valence-electron chi connectivity index (χ1n) is 3.45. The second-order valence-corrected chi connectivity index (χ2v) is 3.08. The van der Waals surface area contributed by atoms with Crippen molar-refractivity contribution >= 4 is 17.3 Å². The minimum Gasteiger partial charge on any atom is -0.399 e. The van der Waals surface area contributed by atoms with Crippen LogP contribution in [-0.4, -0.2) is 0 Å². The van der Waals surface area contributed by atoms with Crippen molar-refractivity contribution in [3.05, 3.63) is 28.3 Å². The van der Waals surface area contributed by atoms with Crippen molar-refractivity contribution in [3.8, 4) is 0 Å². The zero-order chi connectivity index (χ0) is 10.2. The van der Waals surface area contributed by atoms with Crippen molar-refractivity contribution < 1.29 is 13.2 Å². The van der Waals surface area contributed by atoms with Gasteiger partial charge >= 0.3 is 6.18 Å². The van der Waals surface area contributed by atoms with Crippen LogP contribution in [0.25, 0.3) is 0 Å². The van der Waals surface area contributed by atoms with Crippen LogP contribution in [-0.2, 0) is 6.18 Å². The molecule has 0 unspecified atom stereocenters. The summed E-state index contributed by atoms with van der Waals surface area (Å²) in [5.41, 5.74) is 4.48. The van der Waals surface area contributed by atoms with E-state index < -0.39 is 11.7 Å². The Morgan fingerprint density at radius 1 is 1.31 bits per heavy atom. The van der Waals surface area contributed by atoms with Crippen LogP contribution in [0.1, 0.15) is 11.1 Å². The van der Waals surface area contributed by atoms with Crippen molar-refractivity contribution in [2.24, 2.45) is 0 Å². The summed E-state index contributed by atoms with van der Waals surface area (Å²) >= 11 is 5.55. The summed E-state index contributed by atoms with van der Waals surface area (Å²) in [5, 5.41) is 0.0346. The standard InChI is InChI=1S/C8H7ClF3N/c1-4-6(8(10,11)12)2-5(13)3-7(4)9/h2-3H,13H2,1H3. The number of hydrogen-bond donors (Lipinski definition) is 1. The Hall–Kier alpha value is -0.900. The van der Waals surface area contributed by atoms with Crippen LogP contribution < -0.4 is 5.73 Å². The molecule has 13 heavy (non-hydrogen) atoms. The first-order valence-corrected chi connectivity index (χ1v) is 3.83. The highest BCUT2D eigenvalue weighted by Gasteiger charge is 2.33. The zero-order valence-corrected chi connectivity index (χ0v) is 7.50. The molecule has 0 aromatic heterocycles. The maximum Gasteiger partial charge on any atom is 0.416 e. The second kappa shape index (κ2) is 3.10. The van der Waals surface area contributed by atoms with E-state index >= 15 is 0 Å². The van der Waals surface area contributed by atoms with E-state index in [1.807, 2.05) is 0 Å². The molecule has 0 aliphatic carbocycles. The summed E-state index contributed by atoms with van der Waals surface area (Å²) in [6, 6.07) is 2.17. The molecule has 5 heteroatoms. The molecule has 0 saturated carbocycles. The molecule has 0 amide bonds. The van der Waals surface area contributed by atoms with Crippen LogP contribution in [0.2, 0.25) is 5.02 Å². The van der Waals surface area contributed by atoms with Gasteiger partial charge < -0.3 is 5.73 Å². The first kappa shape index (κ1) is 10.2. The van der Waals surface area contributed by atoms with Gasteiger partial charge in [-0.25, -0.2) is 0 Å². The van der Waals surface area contributed by atoms with Gasteiger partial charge in [-0.05, 0) is 24.6 Å². The molecule has 0 aliphatic heterocycles. The van der Waals surface area contributed by atoms with Crippen LogP contribution in [0.3, 0.4) is 0 Å². The van der Waals surface area contributed by atoms with Crippen molar-refractivity contribution in [2.75, 3.05) is 5.73 Å². The number of anilines is 1. The van der Waals surface area contributed by atoms with E-state index in [9.17, 15) is 13.2 Å². The number of rotatable bonds is 0. The molecular formula is C8H7ClF3N. The maximum atomic E-state index is 12.3. The Bertz CT molecular complexity index is 333. The lowest BCUT2D eigenvalue weighted by Crippen LogP contribution is -2.08. The predicted octanol–water partition coefficient (Wildman–Crippen LogP) is 3.25. The van der Waals surface area contributed by atoms with Gasteiger partial charge in [0.15, 0.2) is 0 Å². The highest BCUT2D eigenvalue weighted by molar-refractivity contribution is 6.31. The van der Waals surface area contributed by atoms with Crippen LogP contribution in [0, 0.1) is 6.92 Å². The monoisotopic (exact) mass is 209 g/mol. The first-order chi connectivity index (χ1) is 5.82. The molecular weight excluding hydrogens is 203 g/mol. The Balaban J connectivity index is 3.37. The molecule has 2 N–H and O–H groups in total. The molecule has 0 saturated heterocycles. The second-order valence-electron chi connectivity index (χ2n) is 2.67. The molecule has 1 aromatic rings. The van der Waals surface area contributed by atoms with Crippen LogP contribution in [0.15, 0.2) is 12.1 Å². The summed E-state index contributed by atoms with van der Waals surface area (Å²) in [4.78, 5) is 0. The Kier molecular flexibility index (Phi) is 2.43. The molecule has 1 aromatic carbocycles. The summed E-state index contributed by atoms with van der Waals surface area (Å²) in [6.07, 6.45) is -4.40. The lowest BCUT2D eigenvalue weighted by Gasteiger charge is -2.11. The van der Waals surface area contributed by atoms with Gasteiger partial charge in [-0.1, -0.05) is 11.6 Å². The van der Waals surface area contributed by atoms with Crippen LogP contribution in [0.5, 0.6) is 0 Å². The molecule has 0 radical (unpaired) electrons. The number of halogens is 4. The third-order valence-corrected chi connectivity index (χ3v) is 2.06. The molecule has 0 bridgehead atoms. The van der Waals surface area contributed by atoms with Crippen LogP contribution >= 0.6 is 11.6 Å². The number of alkyl halides is 3. The van der Waals surface area contributed by atoms with Gasteiger partial charge in [-0.3, -0.25) is 0 Å². The van der Waals surface area contributed by atoms with Gasteiger partial charge in [0.1, 0.15) is 0 Å². The summed E-state index contributed by atoms with van der Waals surface area (Å²) in [7, 11) is 0. The van der Waals surface area contributed by atoms with E-state index in [4.69, 9.17) is 17.3 Å². The van der Waals surface area contributed by atoms with E-state index in [-0.39, 0.29) is 16.3 Å². The molecule has 0 heterocycles. The van der Waals surface area contributed by atoms with Crippen molar-refractivity contribution in [3.63, 3.8) is 0 Å². The lowest BCUT2D eigenvalue weighted by molar-refractivity contribution is -0.138. The van der Waals surface area contributed by atoms with E-state index in [2.05, 4.69) is 0 Å². The molecule has 0 spiro atoms. The number of nitrogen functional groups attached to an aromatic ring is 1. The molecule has 0 aliphatic rings. The van der Waals surface area contributed by atoms with Gasteiger partial charge in [-0.2, -0.15) is 13.2 Å². The van der Waals surface area contributed by atoms with Crippen LogP contribution in [0.4, 0.5) is 18.9 Å². The smallest absolute Gasteiger partial charge is 0.399 e. The van der Waals surface area contributed by atoms with Crippen molar-refractivity contribution in [2.45, 2.75) is 13.1 Å². The van der Waals surface area contributed by atoms with Gasteiger partial charge in [0.2, 0.25) is 0 Å². The van der Waals surface area contributed by atoms with Gasteiger partial charge in [0.25, 0.3) is 0 Å².